The second kappa shape index (κ2) is 4.94. The molecule has 0 bridgehead atoms. The Bertz CT molecular complexity index is 401. The van der Waals surface area contributed by atoms with Crippen molar-refractivity contribution in [3.05, 3.63) is 28.2 Å². The normalized spacial score (nSPS) is 26.3. The molecular formula is C12H17BrN2O2. The number of nitrogens with zero attached hydrogens (tertiary/aromatic N) is 1. The van der Waals surface area contributed by atoms with Crippen molar-refractivity contribution < 1.29 is 10.2 Å². The van der Waals surface area contributed by atoms with Crippen molar-refractivity contribution in [3.8, 4) is 0 Å². The van der Waals surface area contributed by atoms with Gasteiger partial charge in [0.1, 0.15) is 0 Å². The van der Waals surface area contributed by atoms with Gasteiger partial charge in [-0.05, 0) is 24.6 Å². The minimum atomic E-state index is -0.665. The molecule has 0 radical (unpaired) electrons. The predicted molar refractivity (Wildman–Crippen MR) is 71.0 cm³/mol. The Hall–Kier alpha value is -0.620. The smallest absolute Gasteiger partial charge is 0.0990 e. The zero-order valence-corrected chi connectivity index (χ0v) is 11.3. The molecule has 4 N–H and O–H groups in total. The Balaban J connectivity index is 2.21. The van der Waals surface area contributed by atoms with Crippen molar-refractivity contribution in [2.24, 2.45) is 5.73 Å². The average molecular weight is 301 g/mol. The van der Waals surface area contributed by atoms with Crippen molar-refractivity contribution in [1.29, 1.82) is 0 Å². The van der Waals surface area contributed by atoms with E-state index in [9.17, 15) is 10.2 Å². The van der Waals surface area contributed by atoms with E-state index < -0.39 is 12.2 Å². The maximum absolute atomic E-state index is 9.52. The number of β-amino-alcohol motifs (C(OH)–C–C–N with tert-alkyl or cyclic N) is 2. The molecule has 1 saturated heterocycles. The SMILES string of the molecule is C[C@@H](N)c1ccc(N2CC(O)C(O)C2)cc1Br. The third kappa shape index (κ3) is 2.63. The lowest BCUT2D eigenvalue weighted by Crippen LogP contribution is -2.22. The third-order valence-corrected chi connectivity index (χ3v) is 3.79. The molecular weight excluding hydrogens is 284 g/mol. The van der Waals surface area contributed by atoms with Crippen LogP contribution in [-0.2, 0) is 0 Å². The largest absolute Gasteiger partial charge is 0.389 e. The van der Waals surface area contributed by atoms with Gasteiger partial charge in [0.2, 0.25) is 0 Å². The summed E-state index contributed by atoms with van der Waals surface area (Å²) in [6.45, 7) is 2.86. The summed E-state index contributed by atoms with van der Waals surface area (Å²) in [6, 6.07) is 5.90. The second-order valence-electron chi connectivity index (χ2n) is 4.53. The number of halogens is 1. The van der Waals surface area contributed by atoms with Crippen LogP contribution in [0.4, 0.5) is 5.69 Å². The lowest BCUT2D eigenvalue weighted by molar-refractivity contribution is 0.0572. The molecule has 1 aromatic carbocycles. The van der Waals surface area contributed by atoms with E-state index in [1.165, 1.54) is 0 Å². The first-order valence-corrected chi connectivity index (χ1v) is 6.44. The fourth-order valence-electron chi connectivity index (χ4n) is 2.06. The van der Waals surface area contributed by atoms with E-state index in [1.54, 1.807) is 0 Å². The Labute approximate surface area is 109 Å². The molecule has 0 spiro atoms. The van der Waals surface area contributed by atoms with Gasteiger partial charge in [0, 0.05) is 29.3 Å². The topological polar surface area (TPSA) is 69.7 Å². The van der Waals surface area contributed by atoms with E-state index in [0.29, 0.717) is 13.1 Å². The maximum Gasteiger partial charge on any atom is 0.0990 e. The van der Waals surface area contributed by atoms with Gasteiger partial charge in [0.25, 0.3) is 0 Å². The van der Waals surface area contributed by atoms with E-state index >= 15 is 0 Å². The van der Waals surface area contributed by atoms with Crippen molar-refractivity contribution >= 4 is 21.6 Å². The number of anilines is 1. The monoisotopic (exact) mass is 300 g/mol. The van der Waals surface area contributed by atoms with Crippen molar-refractivity contribution in [1.82, 2.24) is 0 Å². The third-order valence-electron chi connectivity index (χ3n) is 3.10. The number of hydrogen-bond donors (Lipinski definition) is 3. The minimum Gasteiger partial charge on any atom is -0.389 e. The van der Waals surface area contributed by atoms with Crippen LogP contribution in [0.3, 0.4) is 0 Å². The molecule has 94 valence electrons. The van der Waals surface area contributed by atoms with Crippen LogP contribution in [0.15, 0.2) is 22.7 Å². The van der Waals surface area contributed by atoms with Gasteiger partial charge in [-0.1, -0.05) is 22.0 Å². The summed E-state index contributed by atoms with van der Waals surface area (Å²) in [5, 5.41) is 19.0. The van der Waals surface area contributed by atoms with E-state index in [1.807, 2.05) is 30.0 Å². The molecule has 0 aliphatic carbocycles. The first-order valence-electron chi connectivity index (χ1n) is 5.65. The maximum atomic E-state index is 9.52. The van der Waals surface area contributed by atoms with Crippen LogP contribution < -0.4 is 10.6 Å². The highest BCUT2D eigenvalue weighted by Crippen LogP contribution is 2.29. The second-order valence-corrected chi connectivity index (χ2v) is 5.39. The number of nitrogens with two attached hydrogens (primary N) is 1. The molecule has 2 unspecified atom stereocenters. The number of aliphatic hydroxyl groups is 2. The molecule has 1 aliphatic heterocycles. The van der Waals surface area contributed by atoms with E-state index in [-0.39, 0.29) is 6.04 Å². The number of aliphatic hydroxyl groups excluding tert-OH is 2. The molecule has 0 amide bonds. The highest BCUT2D eigenvalue weighted by Gasteiger charge is 2.29. The van der Waals surface area contributed by atoms with E-state index in [2.05, 4.69) is 15.9 Å². The molecule has 3 atom stereocenters. The summed E-state index contributed by atoms with van der Waals surface area (Å²) >= 11 is 3.49. The Morgan fingerprint density at radius 1 is 1.35 bits per heavy atom. The summed E-state index contributed by atoms with van der Waals surface area (Å²) in [5.74, 6) is 0. The summed E-state index contributed by atoms with van der Waals surface area (Å²) in [7, 11) is 0. The highest BCUT2D eigenvalue weighted by atomic mass is 79.9. The molecule has 5 heteroatoms. The van der Waals surface area contributed by atoms with Crippen LogP contribution in [-0.4, -0.2) is 35.5 Å². The van der Waals surface area contributed by atoms with Gasteiger partial charge in [-0.3, -0.25) is 0 Å². The first-order chi connectivity index (χ1) is 7.99. The van der Waals surface area contributed by atoms with Crippen LogP contribution in [0.2, 0.25) is 0 Å². The van der Waals surface area contributed by atoms with Crippen molar-refractivity contribution in [2.75, 3.05) is 18.0 Å². The molecule has 0 aromatic heterocycles. The standard InChI is InChI=1S/C12H17BrN2O2/c1-7(14)9-3-2-8(4-10(9)13)15-5-11(16)12(17)6-15/h2-4,7,11-12,16-17H,5-6,14H2,1H3/t7-,11?,12?/m1/s1. The zero-order chi connectivity index (χ0) is 12.6. The Morgan fingerprint density at radius 3 is 2.41 bits per heavy atom. The quantitative estimate of drug-likeness (QED) is 0.762. The van der Waals surface area contributed by atoms with Crippen LogP contribution in [0.5, 0.6) is 0 Å². The van der Waals surface area contributed by atoms with E-state index in [4.69, 9.17) is 5.73 Å². The predicted octanol–water partition coefficient (Wildman–Crippen LogP) is 1.01. The van der Waals surface area contributed by atoms with E-state index in [0.717, 1.165) is 15.7 Å². The van der Waals surface area contributed by atoms with Crippen LogP contribution in [0, 0.1) is 0 Å². The van der Waals surface area contributed by atoms with Gasteiger partial charge >= 0.3 is 0 Å². The lowest BCUT2D eigenvalue weighted by Gasteiger charge is -2.19. The molecule has 1 fully saturated rings. The number of benzene rings is 1. The molecule has 1 aromatic rings. The fourth-order valence-corrected chi connectivity index (χ4v) is 2.79. The molecule has 4 nitrogen and oxygen atoms in total. The highest BCUT2D eigenvalue weighted by molar-refractivity contribution is 9.10. The number of hydrogen-bond acceptors (Lipinski definition) is 4. The molecule has 17 heavy (non-hydrogen) atoms. The van der Waals surface area contributed by atoms with Gasteiger partial charge in [-0.25, -0.2) is 0 Å². The van der Waals surface area contributed by atoms with Crippen molar-refractivity contribution in [3.63, 3.8) is 0 Å². The van der Waals surface area contributed by atoms with Gasteiger partial charge in [0.05, 0.1) is 12.2 Å². The molecule has 1 heterocycles. The average Bonchev–Trinajstić information content (AvgIpc) is 2.58. The zero-order valence-electron chi connectivity index (χ0n) is 9.68. The van der Waals surface area contributed by atoms with Gasteiger partial charge in [-0.2, -0.15) is 0 Å². The first kappa shape index (κ1) is 12.8. The summed E-state index contributed by atoms with van der Waals surface area (Å²) < 4.78 is 0.959. The van der Waals surface area contributed by atoms with Gasteiger partial charge in [-0.15, -0.1) is 0 Å². The van der Waals surface area contributed by atoms with Crippen LogP contribution in [0.1, 0.15) is 18.5 Å². The molecule has 2 rings (SSSR count). The lowest BCUT2D eigenvalue weighted by atomic mass is 10.1. The molecule has 1 aliphatic rings. The Kier molecular flexibility index (Phi) is 3.73. The summed E-state index contributed by atoms with van der Waals surface area (Å²) in [5.41, 5.74) is 7.87. The summed E-state index contributed by atoms with van der Waals surface area (Å²) in [4.78, 5) is 1.96. The minimum absolute atomic E-state index is 0.0202. The van der Waals surface area contributed by atoms with Crippen molar-refractivity contribution in [2.45, 2.75) is 25.2 Å². The summed E-state index contributed by atoms with van der Waals surface area (Å²) in [6.07, 6.45) is -1.33. The van der Waals surface area contributed by atoms with Gasteiger partial charge in [0.15, 0.2) is 0 Å². The Morgan fingerprint density at radius 2 is 1.94 bits per heavy atom. The molecule has 0 saturated carbocycles. The van der Waals surface area contributed by atoms with Crippen LogP contribution in [0.25, 0.3) is 0 Å². The van der Waals surface area contributed by atoms with Crippen LogP contribution >= 0.6 is 15.9 Å². The van der Waals surface area contributed by atoms with Gasteiger partial charge < -0.3 is 20.8 Å². The number of rotatable bonds is 2. The fraction of sp³-hybridized carbons (Fsp3) is 0.500.